The highest BCUT2D eigenvalue weighted by molar-refractivity contribution is 7.11. The van der Waals surface area contributed by atoms with Gasteiger partial charge in [-0.2, -0.15) is 0 Å². The molecule has 1 atom stereocenters. The number of rotatable bonds is 7. The molecule has 0 spiro atoms. The second-order valence-electron chi connectivity index (χ2n) is 5.44. The summed E-state index contributed by atoms with van der Waals surface area (Å²) < 4.78 is 15.5. The average Bonchev–Trinajstić information content (AvgIpc) is 3.04. The molecule has 1 amide bonds. The fraction of sp³-hybridized carbons (Fsp3) is 0.263. The van der Waals surface area contributed by atoms with E-state index in [1.807, 2.05) is 18.4 Å². The standard InChI is InChI=1S/C19H21NO5S/c1-12-9-10-26-17(12)7-8-18(21)25-13(2)19(22)20-14-5-6-15(23-3)16(11-14)24-4/h5-11,13H,1-4H3,(H,20,22)/b8-7+/t13-/m1/s1. The number of anilines is 1. The Morgan fingerprint density at radius 2 is 1.88 bits per heavy atom. The number of nitrogens with one attached hydrogen (secondary N) is 1. The Bertz CT molecular complexity index is 812. The van der Waals surface area contributed by atoms with Crippen LogP contribution < -0.4 is 14.8 Å². The SMILES string of the molecule is COc1ccc(NC(=O)[C@@H](C)OC(=O)/C=C/c2sccc2C)cc1OC. The van der Waals surface area contributed by atoms with Crippen LogP contribution in [0.3, 0.4) is 0 Å². The number of methoxy groups -OCH3 is 2. The molecule has 1 aromatic carbocycles. The molecule has 0 saturated carbocycles. The molecular weight excluding hydrogens is 354 g/mol. The van der Waals surface area contributed by atoms with Gasteiger partial charge in [-0.1, -0.05) is 0 Å². The lowest BCUT2D eigenvalue weighted by molar-refractivity contribution is -0.148. The molecule has 0 unspecified atom stereocenters. The molecule has 1 aromatic heterocycles. The lowest BCUT2D eigenvalue weighted by Gasteiger charge is -2.14. The first kappa shape index (κ1) is 19.5. The topological polar surface area (TPSA) is 73.9 Å². The largest absolute Gasteiger partial charge is 0.493 e. The molecule has 26 heavy (non-hydrogen) atoms. The van der Waals surface area contributed by atoms with Crippen LogP contribution in [0.15, 0.2) is 35.7 Å². The molecular formula is C19H21NO5S. The second-order valence-corrected chi connectivity index (χ2v) is 6.39. The van der Waals surface area contributed by atoms with E-state index in [2.05, 4.69) is 5.32 Å². The highest BCUT2D eigenvalue weighted by Gasteiger charge is 2.17. The minimum Gasteiger partial charge on any atom is -0.493 e. The minimum absolute atomic E-state index is 0.439. The van der Waals surface area contributed by atoms with Crippen LogP contribution in [0.5, 0.6) is 11.5 Å². The van der Waals surface area contributed by atoms with Crippen LogP contribution in [0.1, 0.15) is 17.4 Å². The number of aryl methyl sites for hydroxylation is 1. The van der Waals surface area contributed by atoms with Crippen molar-refractivity contribution in [2.24, 2.45) is 0 Å². The van der Waals surface area contributed by atoms with Crippen LogP contribution >= 0.6 is 11.3 Å². The van der Waals surface area contributed by atoms with E-state index in [4.69, 9.17) is 14.2 Å². The van der Waals surface area contributed by atoms with E-state index in [0.717, 1.165) is 10.4 Å². The summed E-state index contributed by atoms with van der Waals surface area (Å²) >= 11 is 1.53. The zero-order chi connectivity index (χ0) is 19.1. The number of hydrogen-bond donors (Lipinski definition) is 1. The summed E-state index contributed by atoms with van der Waals surface area (Å²) in [5.74, 6) is 0.0298. The summed E-state index contributed by atoms with van der Waals surface area (Å²) in [6, 6.07) is 6.95. The van der Waals surface area contributed by atoms with Gasteiger partial charge in [0.1, 0.15) is 0 Å². The number of hydrogen-bond acceptors (Lipinski definition) is 6. The van der Waals surface area contributed by atoms with Crippen molar-refractivity contribution in [2.75, 3.05) is 19.5 Å². The summed E-state index contributed by atoms with van der Waals surface area (Å²) in [5, 5.41) is 4.62. The van der Waals surface area contributed by atoms with Gasteiger partial charge in [-0.3, -0.25) is 4.79 Å². The number of amides is 1. The molecule has 6 nitrogen and oxygen atoms in total. The van der Waals surface area contributed by atoms with Gasteiger partial charge in [0.2, 0.25) is 0 Å². The maximum atomic E-state index is 12.2. The van der Waals surface area contributed by atoms with Crippen molar-refractivity contribution in [3.8, 4) is 11.5 Å². The number of benzene rings is 1. The van der Waals surface area contributed by atoms with Crippen molar-refractivity contribution in [3.05, 3.63) is 46.2 Å². The molecule has 0 fully saturated rings. The number of thiophene rings is 1. The van der Waals surface area contributed by atoms with E-state index in [9.17, 15) is 9.59 Å². The summed E-state index contributed by atoms with van der Waals surface area (Å²) in [6.45, 7) is 3.47. The van der Waals surface area contributed by atoms with Gasteiger partial charge in [-0.05, 0) is 49.1 Å². The molecule has 138 valence electrons. The Labute approximate surface area is 156 Å². The predicted molar refractivity (Wildman–Crippen MR) is 102 cm³/mol. The third-order valence-electron chi connectivity index (χ3n) is 3.59. The van der Waals surface area contributed by atoms with Crippen molar-refractivity contribution < 1.29 is 23.8 Å². The lowest BCUT2D eigenvalue weighted by atomic mass is 10.2. The molecule has 2 aromatic rings. The zero-order valence-electron chi connectivity index (χ0n) is 15.1. The summed E-state index contributed by atoms with van der Waals surface area (Å²) in [5.41, 5.74) is 1.60. The molecule has 0 aliphatic rings. The van der Waals surface area contributed by atoms with Crippen LogP contribution in [-0.4, -0.2) is 32.2 Å². The van der Waals surface area contributed by atoms with Crippen LogP contribution in [0.2, 0.25) is 0 Å². The molecule has 0 aliphatic carbocycles. The van der Waals surface area contributed by atoms with Gasteiger partial charge in [0.25, 0.3) is 5.91 Å². The Morgan fingerprint density at radius 3 is 2.50 bits per heavy atom. The first-order valence-corrected chi connectivity index (χ1v) is 8.78. The van der Waals surface area contributed by atoms with Gasteiger partial charge in [0.15, 0.2) is 17.6 Å². The summed E-state index contributed by atoms with van der Waals surface area (Å²) in [6.07, 6.45) is 2.06. The Kier molecular flexibility index (Phi) is 6.80. The molecule has 0 aliphatic heterocycles. The zero-order valence-corrected chi connectivity index (χ0v) is 15.9. The molecule has 2 rings (SSSR count). The van der Waals surface area contributed by atoms with E-state index in [-0.39, 0.29) is 0 Å². The number of carbonyl (C=O) groups excluding carboxylic acids is 2. The monoisotopic (exact) mass is 375 g/mol. The molecule has 0 radical (unpaired) electrons. The van der Waals surface area contributed by atoms with Crippen molar-refractivity contribution in [1.29, 1.82) is 0 Å². The van der Waals surface area contributed by atoms with Crippen LogP contribution in [-0.2, 0) is 14.3 Å². The van der Waals surface area contributed by atoms with Gasteiger partial charge < -0.3 is 19.5 Å². The summed E-state index contributed by atoms with van der Waals surface area (Å²) in [4.78, 5) is 25.1. The smallest absolute Gasteiger partial charge is 0.331 e. The van der Waals surface area contributed by atoms with Crippen LogP contribution in [0.4, 0.5) is 5.69 Å². The normalized spacial score (nSPS) is 11.8. The molecule has 1 heterocycles. The van der Waals surface area contributed by atoms with Gasteiger partial charge in [0, 0.05) is 22.7 Å². The van der Waals surface area contributed by atoms with E-state index in [1.165, 1.54) is 38.6 Å². The molecule has 7 heteroatoms. The highest BCUT2D eigenvalue weighted by atomic mass is 32.1. The van der Waals surface area contributed by atoms with E-state index in [0.29, 0.717) is 17.2 Å². The predicted octanol–water partition coefficient (Wildman–Crippen LogP) is 3.66. The van der Waals surface area contributed by atoms with Gasteiger partial charge in [-0.25, -0.2) is 4.79 Å². The van der Waals surface area contributed by atoms with Crippen molar-refractivity contribution >= 4 is 35.0 Å². The second kappa shape index (κ2) is 9.05. The van der Waals surface area contributed by atoms with Gasteiger partial charge >= 0.3 is 5.97 Å². The fourth-order valence-electron chi connectivity index (χ4n) is 2.12. The minimum atomic E-state index is -0.940. The van der Waals surface area contributed by atoms with Crippen LogP contribution in [0, 0.1) is 6.92 Å². The first-order valence-electron chi connectivity index (χ1n) is 7.90. The van der Waals surface area contributed by atoms with Crippen molar-refractivity contribution in [2.45, 2.75) is 20.0 Å². The van der Waals surface area contributed by atoms with Crippen molar-refractivity contribution in [1.82, 2.24) is 0 Å². The van der Waals surface area contributed by atoms with Gasteiger partial charge in [0.05, 0.1) is 14.2 Å². The first-order chi connectivity index (χ1) is 12.4. The van der Waals surface area contributed by atoms with E-state index >= 15 is 0 Å². The highest BCUT2D eigenvalue weighted by Crippen LogP contribution is 2.29. The van der Waals surface area contributed by atoms with Gasteiger partial charge in [-0.15, -0.1) is 11.3 Å². The Balaban J connectivity index is 1.94. The third-order valence-corrected chi connectivity index (χ3v) is 4.57. The number of esters is 1. The molecule has 1 N–H and O–H groups in total. The summed E-state index contributed by atoms with van der Waals surface area (Å²) in [7, 11) is 3.04. The Morgan fingerprint density at radius 1 is 1.15 bits per heavy atom. The Hall–Kier alpha value is -2.80. The van der Waals surface area contributed by atoms with Crippen molar-refractivity contribution in [3.63, 3.8) is 0 Å². The number of carbonyl (C=O) groups is 2. The fourth-order valence-corrected chi connectivity index (χ4v) is 2.94. The lowest BCUT2D eigenvalue weighted by Crippen LogP contribution is -2.29. The van der Waals surface area contributed by atoms with Crippen LogP contribution in [0.25, 0.3) is 6.08 Å². The average molecular weight is 375 g/mol. The maximum Gasteiger partial charge on any atom is 0.331 e. The molecule has 0 bridgehead atoms. The third kappa shape index (κ3) is 5.10. The van der Waals surface area contributed by atoms with E-state index in [1.54, 1.807) is 24.3 Å². The van der Waals surface area contributed by atoms with E-state index < -0.39 is 18.0 Å². The quantitative estimate of drug-likeness (QED) is 0.591. The molecule has 0 saturated heterocycles. The number of ether oxygens (including phenoxy) is 3. The maximum absolute atomic E-state index is 12.2.